The van der Waals surface area contributed by atoms with Gasteiger partial charge >= 0.3 is 0 Å². The average Bonchev–Trinajstić information content (AvgIpc) is 2.21. The van der Waals surface area contributed by atoms with Crippen molar-refractivity contribution in [1.29, 1.82) is 0 Å². The number of ketones is 1. The highest BCUT2D eigenvalue weighted by Gasteiger charge is 2.16. The van der Waals surface area contributed by atoms with Gasteiger partial charge in [-0.3, -0.25) is 9.78 Å². The lowest BCUT2D eigenvalue weighted by atomic mass is 10.1. The molecule has 1 rings (SSSR count). The van der Waals surface area contributed by atoms with E-state index in [-0.39, 0.29) is 11.9 Å². The van der Waals surface area contributed by atoms with Crippen LogP contribution in [-0.2, 0) is 4.74 Å². The van der Waals surface area contributed by atoms with E-state index in [1.807, 2.05) is 6.92 Å². The van der Waals surface area contributed by atoms with Gasteiger partial charge in [-0.05, 0) is 18.6 Å². The van der Waals surface area contributed by atoms with Crippen molar-refractivity contribution in [1.82, 2.24) is 4.98 Å². The Morgan fingerprint density at radius 1 is 1.69 bits per heavy atom. The highest BCUT2D eigenvalue weighted by molar-refractivity contribution is 5.99. The molecular weight excluding hydrogens is 166 g/mol. The molecule has 70 valence electrons. The summed E-state index contributed by atoms with van der Waals surface area (Å²) in [6.45, 7) is 1.92. The Kier molecular flexibility index (Phi) is 3.58. The van der Waals surface area contributed by atoms with Gasteiger partial charge in [0.05, 0.1) is 0 Å². The number of rotatable bonds is 4. The van der Waals surface area contributed by atoms with E-state index in [0.717, 1.165) is 0 Å². The Bertz CT molecular complexity index is 268. The van der Waals surface area contributed by atoms with Gasteiger partial charge in [0.25, 0.3) is 0 Å². The molecule has 0 amide bonds. The molecule has 0 fully saturated rings. The fourth-order valence-corrected chi connectivity index (χ4v) is 1.15. The summed E-state index contributed by atoms with van der Waals surface area (Å²) < 4.78 is 5.04. The summed E-state index contributed by atoms with van der Waals surface area (Å²) in [5, 5.41) is 0. The maximum Gasteiger partial charge on any atom is 0.193 e. The molecule has 0 spiro atoms. The van der Waals surface area contributed by atoms with Gasteiger partial charge in [-0.2, -0.15) is 0 Å². The standard InChI is InChI=1S/C10H13NO2/c1-3-9(13-2)10(12)8-5-4-6-11-7-8/h4-7,9H,3H2,1-2H3. The van der Waals surface area contributed by atoms with Gasteiger partial charge in [0.1, 0.15) is 6.10 Å². The van der Waals surface area contributed by atoms with Crippen molar-refractivity contribution in [3.8, 4) is 0 Å². The zero-order valence-corrected chi connectivity index (χ0v) is 7.86. The van der Waals surface area contributed by atoms with Crippen LogP contribution in [0.2, 0.25) is 0 Å². The number of nitrogens with zero attached hydrogens (tertiary/aromatic N) is 1. The van der Waals surface area contributed by atoms with Crippen LogP contribution in [-0.4, -0.2) is 24.0 Å². The fourth-order valence-electron chi connectivity index (χ4n) is 1.15. The number of carbonyl (C=O) groups is 1. The predicted octanol–water partition coefficient (Wildman–Crippen LogP) is 1.69. The molecule has 0 saturated heterocycles. The Hall–Kier alpha value is -1.22. The van der Waals surface area contributed by atoms with Crippen LogP contribution in [0, 0.1) is 0 Å². The molecule has 0 aliphatic heterocycles. The molecule has 1 heterocycles. The summed E-state index contributed by atoms with van der Waals surface area (Å²) in [7, 11) is 1.54. The second kappa shape index (κ2) is 4.72. The molecule has 1 unspecified atom stereocenters. The van der Waals surface area contributed by atoms with Crippen LogP contribution in [0.15, 0.2) is 24.5 Å². The van der Waals surface area contributed by atoms with Gasteiger partial charge in [0, 0.05) is 25.1 Å². The topological polar surface area (TPSA) is 39.2 Å². The van der Waals surface area contributed by atoms with Crippen molar-refractivity contribution >= 4 is 5.78 Å². The molecule has 1 atom stereocenters. The summed E-state index contributed by atoms with van der Waals surface area (Å²) >= 11 is 0. The quantitative estimate of drug-likeness (QED) is 0.660. The number of carbonyl (C=O) groups excluding carboxylic acids is 1. The lowest BCUT2D eigenvalue weighted by Crippen LogP contribution is -2.22. The summed E-state index contributed by atoms with van der Waals surface area (Å²) in [6.07, 6.45) is 3.54. The first-order valence-electron chi connectivity index (χ1n) is 4.26. The number of pyridine rings is 1. The Morgan fingerprint density at radius 2 is 2.46 bits per heavy atom. The highest BCUT2D eigenvalue weighted by atomic mass is 16.5. The molecule has 0 N–H and O–H groups in total. The van der Waals surface area contributed by atoms with Crippen LogP contribution < -0.4 is 0 Å². The van der Waals surface area contributed by atoms with E-state index in [1.54, 1.807) is 31.6 Å². The van der Waals surface area contributed by atoms with Gasteiger partial charge in [-0.15, -0.1) is 0 Å². The highest BCUT2D eigenvalue weighted by Crippen LogP contribution is 2.06. The molecular formula is C10H13NO2. The Labute approximate surface area is 77.8 Å². The summed E-state index contributed by atoms with van der Waals surface area (Å²) in [5.41, 5.74) is 0.608. The minimum atomic E-state index is -0.343. The maximum absolute atomic E-state index is 11.6. The fraction of sp³-hybridized carbons (Fsp3) is 0.400. The van der Waals surface area contributed by atoms with Crippen molar-refractivity contribution < 1.29 is 9.53 Å². The molecule has 1 aromatic rings. The third-order valence-electron chi connectivity index (χ3n) is 1.89. The Morgan fingerprint density at radius 3 is 2.92 bits per heavy atom. The van der Waals surface area contributed by atoms with Crippen LogP contribution in [0.1, 0.15) is 23.7 Å². The average molecular weight is 179 g/mol. The number of Topliss-reactive ketones (excluding diaryl/α,β-unsaturated/α-hetero) is 1. The lowest BCUT2D eigenvalue weighted by Gasteiger charge is -2.10. The van der Waals surface area contributed by atoms with Crippen molar-refractivity contribution in [2.24, 2.45) is 0 Å². The summed E-state index contributed by atoms with van der Waals surface area (Å²) in [4.78, 5) is 15.5. The third kappa shape index (κ3) is 2.36. The van der Waals surface area contributed by atoms with Gasteiger partial charge in [-0.25, -0.2) is 0 Å². The first kappa shape index (κ1) is 9.86. The molecule has 0 aliphatic rings. The number of ether oxygens (including phenoxy) is 1. The zero-order chi connectivity index (χ0) is 9.68. The van der Waals surface area contributed by atoms with Crippen LogP contribution in [0.4, 0.5) is 0 Å². The number of hydrogen-bond acceptors (Lipinski definition) is 3. The number of hydrogen-bond donors (Lipinski definition) is 0. The van der Waals surface area contributed by atoms with Crippen LogP contribution in [0.25, 0.3) is 0 Å². The normalized spacial score (nSPS) is 12.5. The molecule has 13 heavy (non-hydrogen) atoms. The third-order valence-corrected chi connectivity index (χ3v) is 1.89. The van der Waals surface area contributed by atoms with Crippen LogP contribution >= 0.6 is 0 Å². The SMILES string of the molecule is CCC(OC)C(=O)c1cccnc1. The van der Waals surface area contributed by atoms with Crippen LogP contribution in [0.5, 0.6) is 0 Å². The second-order valence-electron chi connectivity index (χ2n) is 2.74. The van der Waals surface area contributed by atoms with E-state index in [4.69, 9.17) is 4.74 Å². The van der Waals surface area contributed by atoms with E-state index in [9.17, 15) is 4.79 Å². The van der Waals surface area contributed by atoms with Crippen molar-refractivity contribution in [2.45, 2.75) is 19.4 Å². The minimum absolute atomic E-state index is 0.00176. The second-order valence-corrected chi connectivity index (χ2v) is 2.74. The molecule has 0 bridgehead atoms. The number of aromatic nitrogens is 1. The molecule has 0 aliphatic carbocycles. The monoisotopic (exact) mass is 179 g/mol. The lowest BCUT2D eigenvalue weighted by molar-refractivity contribution is 0.0595. The van der Waals surface area contributed by atoms with Crippen LogP contribution in [0.3, 0.4) is 0 Å². The molecule has 0 aromatic carbocycles. The van der Waals surface area contributed by atoms with E-state index in [2.05, 4.69) is 4.98 Å². The molecule has 0 radical (unpaired) electrons. The van der Waals surface area contributed by atoms with Gasteiger partial charge in [0.2, 0.25) is 0 Å². The largest absolute Gasteiger partial charge is 0.373 e. The smallest absolute Gasteiger partial charge is 0.193 e. The van der Waals surface area contributed by atoms with E-state index in [0.29, 0.717) is 12.0 Å². The predicted molar refractivity (Wildman–Crippen MR) is 49.7 cm³/mol. The van der Waals surface area contributed by atoms with Crippen molar-refractivity contribution in [3.05, 3.63) is 30.1 Å². The summed E-state index contributed by atoms with van der Waals surface area (Å²) in [6, 6.07) is 3.49. The summed E-state index contributed by atoms with van der Waals surface area (Å²) in [5.74, 6) is -0.00176. The Balaban J connectivity index is 2.78. The first-order chi connectivity index (χ1) is 6.29. The molecule has 1 aromatic heterocycles. The van der Waals surface area contributed by atoms with E-state index in [1.165, 1.54) is 0 Å². The molecule has 3 heteroatoms. The van der Waals surface area contributed by atoms with Gasteiger partial charge in [-0.1, -0.05) is 6.92 Å². The zero-order valence-electron chi connectivity index (χ0n) is 7.86. The van der Waals surface area contributed by atoms with Crippen molar-refractivity contribution in [3.63, 3.8) is 0 Å². The van der Waals surface area contributed by atoms with Gasteiger partial charge < -0.3 is 4.74 Å². The number of methoxy groups -OCH3 is 1. The maximum atomic E-state index is 11.6. The van der Waals surface area contributed by atoms with Crippen molar-refractivity contribution in [2.75, 3.05) is 7.11 Å². The molecule has 3 nitrogen and oxygen atoms in total. The molecule has 0 saturated carbocycles. The van der Waals surface area contributed by atoms with E-state index >= 15 is 0 Å². The van der Waals surface area contributed by atoms with E-state index < -0.39 is 0 Å². The van der Waals surface area contributed by atoms with Gasteiger partial charge in [0.15, 0.2) is 5.78 Å². The first-order valence-corrected chi connectivity index (χ1v) is 4.26. The minimum Gasteiger partial charge on any atom is -0.373 e.